The Balaban J connectivity index is 1.50. The van der Waals surface area contributed by atoms with Gasteiger partial charge in [0.2, 0.25) is 5.91 Å². The van der Waals surface area contributed by atoms with Crippen LogP contribution in [0.1, 0.15) is 37.7 Å². The van der Waals surface area contributed by atoms with Gasteiger partial charge >= 0.3 is 0 Å². The second-order valence-corrected chi connectivity index (χ2v) is 8.35. The van der Waals surface area contributed by atoms with Gasteiger partial charge in [-0.3, -0.25) is 4.79 Å². The van der Waals surface area contributed by atoms with E-state index in [0.29, 0.717) is 23.9 Å². The summed E-state index contributed by atoms with van der Waals surface area (Å²) in [7, 11) is 0. The largest absolute Gasteiger partial charge is 0.385 e. The first-order valence-corrected chi connectivity index (χ1v) is 10.6. The summed E-state index contributed by atoms with van der Waals surface area (Å²) in [4.78, 5) is 23.3. The molecule has 0 spiro atoms. The summed E-state index contributed by atoms with van der Waals surface area (Å²) in [6.07, 6.45) is 8.15. The van der Waals surface area contributed by atoms with E-state index in [2.05, 4.69) is 9.97 Å². The fraction of sp³-hybridized carbons (Fsp3) is 0.476. The van der Waals surface area contributed by atoms with E-state index >= 15 is 0 Å². The number of nitrogens with zero attached hydrogens (tertiary/aromatic N) is 3. The van der Waals surface area contributed by atoms with E-state index in [-0.39, 0.29) is 17.9 Å². The van der Waals surface area contributed by atoms with Crippen LogP contribution in [0.4, 0.5) is 0 Å². The number of benzene rings is 1. The molecule has 1 saturated carbocycles. The third-order valence-corrected chi connectivity index (χ3v) is 6.80. The van der Waals surface area contributed by atoms with Crippen molar-refractivity contribution < 1.29 is 9.90 Å². The van der Waals surface area contributed by atoms with E-state index in [9.17, 15) is 9.90 Å². The SMILES string of the molecule is O=C(CSc1ncccn1)N1CC[C@@](O)(c2ccccc2)[C@H]2CCCC[C@H]21. The van der Waals surface area contributed by atoms with Crippen molar-refractivity contribution in [2.75, 3.05) is 12.3 Å². The first kappa shape index (κ1) is 18.4. The van der Waals surface area contributed by atoms with E-state index < -0.39 is 5.60 Å². The molecule has 3 atom stereocenters. The normalized spacial score (nSPS) is 27.8. The smallest absolute Gasteiger partial charge is 0.233 e. The van der Waals surface area contributed by atoms with Crippen LogP contribution in [-0.2, 0) is 10.4 Å². The molecular formula is C21H25N3O2S. The number of carbonyl (C=O) groups is 1. The van der Waals surface area contributed by atoms with Gasteiger partial charge in [-0.05, 0) is 30.9 Å². The number of likely N-dealkylation sites (tertiary alicyclic amines) is 1. The summed E-state index contributed by atoms with van der Waals surface area (Å²) in [5, 5.41) is 12.2. The molecule has 1 aliphatic carbocycles. The van der Waals surface area contributed by atoms with Gasteiger partial charge in [-0.2, -0.15) is 0 Å². The van der Waals surface area contributed by atoms with Crippen LogP contribution in [0.25, 0.3) is 0 Å². The third-order valence-electron chi connectivity index (χ3n) is 5.94. The van der Waals surface area contributed by atoms with Crippen LogP contribution in [0.2, 0.25) is 0 Å². The number of fused-ring (bicyclic) bond motifs is 1. The van der Waals surface area contributed by atoms with E-state index in [1.54, 1.807) is 18.5 Å². The van der Waals surface area contributed by atoms with Crippen molar-refractivity contribution in [2.45, 2.75) is 48.9 Å². The number of piperidine rings is 1. The van der Waals surface area contributed by atoms with Gasteiger partial charge in [-0.25, -0.2) is 9.97 Å². The predicted octanol–water partition coefficient (Wildman–Crippen LogP) is 3.25. The highest BCUT2D eigenvalue weighted by molar-refractivity contribution is 7.99. The molecule has 2 aromatic rings. The highest BCUT2D eigenvalue weighted by atomic mass is 32.2. The number of rotatable bonds is 4. The van der Waals surface area contributed by atoms with Crippen LogP contribution in [0.5, 0.6) is 0 Å². The number of amides is 1. The summed E-state index contributed by atoms with van der Waals surface area (Å²) >= 11 is 1.38. The van der Waals surface area contributed by atoms with Gasteiger partial charge < -0.3 is 10.0 Å². The molecule has 2 fully saturated rings. The lowest BCUT2D eigenvalue weighted by Gasteiger charge is -2.52. The number of hydrogen-bond donors (Lipinski definition) is 1. The van der Waals surface area contributed by atoms with Crippen LogP contribution < -0.4 is 0 Å². The van der Waals surface area contributed by atoms with Crippen LogP contribution in [0.3, 0.4) is 0 Å². The van der Waals surface area contributed by atoms with Gasteiger partial charge in [-0.1, -0.05) is 54.9 Å². The molecule has 27 heavy (non-hydrogen) atoms. The molecule has 2 heterocycles. The molecule has 1 amide bonds. The lowest BCUT2D eigenvalue weighted by atomic mass is 9.66. The highest BCUT2D eigenvalue weighted by Crippen LogP contribution is 2.47. The van der Waals surface area contributed by atoms with Gasteiger partial charge in [0.15, 0.2) is 5.16 Å². The molecule has 4 rings (SSSR count). The zero-order valence-corrected chi connectivity index (χ0v) is 16.1. The first-order valence-electron chi connectivity index (χ1n) is 9.66. The van der Waals surface area contributed by atoms with Gasteiger partial charge in [-0.15, -0.1) is 0 Å². The highest BCUT2D eigenvalue weighted by Gasteiger charge is 2.50. The molecule has 1 aromatic carbocycles. The van der Waals surface area contributed by atoms with E-state index in [1.165, 1.54) is 11.8 Å². The number of thioether (sulfide) groups is 1. The van der Waals surface area contributed by atoms with E-state index in [1.807, 2.05) is 35.2 Å². The molecule has 142 valence electrons. The fourth-order valence-corrected chi connectivity index (χ4v) is 5.34. The maximum absolute atomic E-state index is 12.9. The molecule has 2 aliphatic rings. The molecule has 1 aliphatic heterocycles. The van der Waals surface area contributed by atoms with Crippen molar-refractivity contribution in [1.82, 2.24) is 14.9 Å². The Morgan fingerprint density at radius 1 is 1.15 bits per heavy atom. The standard InChI is InChI=1S/C21H25N3O2S/c25-19(15-27-20-22-12-6-13-23-20)24-14-11-21(26,16-7-2-1-3-8-16)17-9-4-5-10-18(17)24/h1-3,6-8,12-13,17-18,26H,4-5,9-11,14-15H2/t17-,18+,21+/m0/s1. The molecule has 1 aromatic heterocycles. The maximum atomic E-state index is 12.9. The molecule has 0 bridgehead atoms. The minimum absolute atomic E-state index is 0.101. The van der Waals surface area contributed by atoms with E-state index in [0.717, 1.165) is 31.2 Å². The maximum Gasteiger partial charge on any atom is 0.233 e. The predicted molar refractivity (Wildman–Crippen MR) is 105 cm³/mol. The summed E-state index contributed by atoms with van der Waals surface area (Å²) in [6, 6.07) is 11.9. The Morgan fingerprint density at radius 3 is 2.67 bits per heavy atom. The zero-order chi connectivity index (χ0) is 18.7. The third kappa shape index (κ3) is 3.73. The van der Waals surface area contributed by atoms with Crippen LogP contribution >= 0.6 is 11.8 Å². The molecule has 6 heteroatoms. The summed E-state index contributed by atoms with van der Waals surface area (Å²) in [5.74, 6) is 0.570. The van der Waals surface area contributed by atoms with Crippen molar-refractivity contribution in [1.29, 1.82) is 0 Å². The van der Waals surface area contributed by atoms with Crippen molar-refractivity contribution in [2.24, 2.45) is 5.92 Å². The lowest BCUT2D eigenvalue weighted by Crippen LogP contribution is -2.59. The van der Waals surface area contributed by atoms with E-state index in [4.69, 9.17) is 0 Å². The fourth-order valence-electron chi connectivity index (χ4n) is 4.65. The quantitative estimate of drug-likeness (QED) is 0.648. The Bertz CT molecular complexity index is 774. The molecule has 0 radical (unpaired) electrons. The van der Waals surface area contributed by atoms with Crippen molar-refractivity contribution >= 4 is 17.7 Å². The average molecular weight is 384 g/mol. The Morgan fingerprint density at radius 2 is 1.89 bits per heavy atom. The summed E-state index contributed by atoms with van der Waals surface area (Å²) in [6.45, 7) is 0.599. The number of hydrogen-bond acceptors (Lipinski definition) is 5. The zero-order valence-electron chi connectivity index (χ0n) is 15.3. The number of aromatic nitrogens is 2. The van der Waals surface area contributed by atoms with Gasteiger partial charge in [0.25, 0.3) is 0 Å². The second-order valence-electron chi connectivity index (χ2n) is 7.41. The van der Waals surface area contributed by atoms with Gasteiger partial charge in [0, 0.05) is 30.9 Å². The summed E-state index contributed by atoms with van der Waals surface area (Å²) < 4.78 is 0. The Kier molecular flexibility index (Phi) is 5.45. The van der Waals surface area contributed by atoms with Gasteiger partial charge in [0.1, 0.15) is 0 Å². The number of aliphatic hydroxyl groups is 1. The van der Waals surface area contributed by atoms with Crippen LogP contribution in [0.15, 0.2) is 53.9 Å². The molecule has 1 saturated heterocycles. The van der Waals surface area contributed by atoms with Crippen LogP contribution in [0, 0.1) is 5.92 Å². The Labute approximate surface area is 164 Å². The molecule has 1 N–H and O–H groups in total. The van der Waals surface area contributed by atoms with Gasteiger partial charge in [0.05, 0.1) is 11.4 Å². The average Bonchev–Trinajstić information content (AvgIpc) is 2.74. The topological polar surface area (TPSA) is 66.3 Å². The minimum atomic E-state index is -0.835. The minimum Gasteiger partial charge on any atom is -0.385 e. The molecule has 0 unspecified atom stereocenters. The second kappa shape index (κ2) is 7.98. The van der Waals surface area contributed by atoms with Crippen molar-refractivity contribution in [3.8, 4) is 0 Å². The molecular weight excluding hydrogens is 358 g/mol. The van der Waals surface area contributed by atoms with Crippen molar-refractivity contribution in [3.63, 3.8) is 0 Å². The molecule has 5 nitrogen and oxygen atoms in total. The van der Waals surface area contributed by atoms with Crippen LogP contribution in [-0.4, -0.2) is 44.2 Å². The summed E-state index contributed by atoms with van der Waals surface area (Å²) in [5.41, 5.74) is 0.153. The monoisotopic (exact) mass is 383 g/mol. The Hall–Kier alpha value is -1.92. The number of carbonyl (C=O) groups excluding carboxylic acids is 1. The lowest BCUT2D eigenvalue weighted by molar-refractivity contribution is -0.152. The van der Waals surface area contributed by atoms with Crippen molar-refractivity contribution in [3.05, 3.63) is 54.4 Å². The first-order chi connectivity index (χ1) is 13.2.